The Morgan fingerprint density at radius 1 is 1.50 bits per heavy atom. The summed E-state index contributed by atoms with van der Waals surface area (Å²) in [6.07, 6.45) is 2.32. The number of rotatable bonds is 2. The smallest absolute Gasteiger partial charge is 0.223 e. The molecule has 4 heteroatoms. The van der Waals surface area contributed by atoms with Crippen LogP contribution in [-0.4, -0.2) is 12.5 Å². The topological polar surface area (TPSA) is 29.1 Å². The Labute approximate surface area is 102 Å². The summed E-state index contributed by atoms with van der Waals surface area (Å²) in [5, 5.41) is 2.81. The second-order valence-electron chi connectivity index (χ2n) is 4.07. The average molecular weight is 286 g/mol. The fraction of sp³-hybridized carbons (Fsp3) is 0.417. The highest BCUT2D eigenvalue weighted by molar-refractivity contribution is 9.10. The molecule has 0 radical (unpaired) electrons. The lowest BCUT2D eigenvalue weighted by atomic mass is 9.91. The van der Waals surface area contributed by atoms with Crippen LogP contribution in [0.3, 0.4) is 0 Å². The van der Waals surface area contributed by atoms with Crippen molar-refractivity contribution in [3.05, 3.63) is 34.1 Å². The first kappa shape index (κ1) is 11.6. The highest BCUT2D eigenvalue weighted by atomic mass is 79.9. The molecule has 0 aromatic heterocycles. The number of carbonyl (C=O) groups excluding carboxylic acids is 1. The Kier molecular flexibility index (Phi) is 3.59. The van der Waals surface area contributed by atoms with Crippen molar-refractivity contribution in [1.29, 1.82) is 0 Å². The Balaban J connectivity index is 2.10. The van der Waals surface area contributed by atoms with E-state index in [1.54, 1.807) is 12.1 Å². The molecule has 2 nitrogen and oxygen atoms in total. The second kappa shape index (κ2) is 4.95. The lowest BCUT2D eigenvalue weighted by Crippen LogP contribution is -2.37. The van der Waals surface area contributed by atoms with Gasteiger partial charge in [-0.15, -0.1) is 0 Å². The van der Waals surface area contributed by atoms with Crippen LogP contribution in [0.2, 0.25) is 0 Å². The molecule has 1 amide bonds. The van der Waals surface area contributed by atoms with Gasteiger partial charge in [0.2, 0.25) is 5.91 Å². The zero-order chi connectivity index (χ0) is 11.5. The van der Waals surface area contributed by atoms with Crippen LogP contribution >= 0.6 is 15.9 Å². The van der Waals surface area contributed by atoms with Gasteiger partial charge in [-0.25, -0.2) is 4.39 Å². The molecule has 1 saturated heterocycles. The van der Waals surface area contributed by atoms with Crippen LogP contribution < -0.4 is 5.32 Å². The van der Waals surface area contributed by atoms with Gasteiger partial charge in [-0.1, -0.05) is 22.0 Å². The molecular formula is C12H13BrFNO. The number of hydrogen-bond donors (Lipinski definition) is 1. The summed E-state index contributed by atoms with van der Waals surface area (Å²) in [6.45, 7) is 0.748. The van der Waals surface area contributed by atoms with Crippen LogP contribution in [0.4, 0.5) is 4.39 Å². The SMILES string of the molecule is O=C1NCCCC1Cc1ccc(Br)cc1F. The van der Waals surface area contributed by atoms with Crippen LogP contribution in [0.15, 0.2) is 22.7 Å². The minimum atomic E-state index is -0.243. The van der Waals surface area contributed by atoms with Crippen molar-refractivity contribution in [3.63, 3.8) is 0 Å². The molecule has 1 heterocycles. The number of halogens is 2. The van der Waals surface area contributed by atoms with E-state index in [0.717, 1.165) is 23.9 Å². The molecule has 1 aliphatic rings. The van der Waals surface area contributed by atoms with Crippen molar-refractivity contribution in [2.45, 2.75) is 19.3 Å². The third-order valence-corrected chi connectivity index (χ3v) is 3.37. The predicted octanol–water partition coefficient (Wildman–Crippen LogP) is 2.66. The molecule has 1 aromatic carbocycles. The zero-order valence-electron chi connectivity index (χ0n) is 8.80. The Morgan fingerprint density at radius 2 is 2.31 bits per heavy atom. The van der Waals surface area contributed by atoms with Crippen molar-refractivity contribution in [2.24, 2.45) is 5.92 Å². The molecule has 1 atom stereocenters. The molecule has 1 fully saturated rings. The van der Waals surface area contributed by atoms with Crippen LogP contribution in [0, 0.1) is 11.7 Å². The summed E-state index contributed by atoms with van der Waals surface area (Å²) >= 11 is 3.21. The molecule has 2 rings (SSSR count). The normalized spacial score (nSPS) is 20.6. The number of carbonyl (C=O) groups is 1. The number of piperidine rings is 1. The second-order valence-corrected chi connectivity index (χ2v) is 4.99. The van der Waals surface area contributed by atoms with Gasteiger partial charge < -0.3 is 5.32 Å². The lowest BCUT2D eigenvalue weighted by Gasteiger charge is -2.21. The molecule has 0 spiro atoms. The van der Waals surface area contributed by atoms with Gasteiger partial charge in [0, 0.05) is 16.9 Å². The van der Waals surface area contributed by atoms with E-state index in [1.165, 1.54) is 6.07 Å². The molecule has 86 valence electrons. The largest absolute Gasteiger partial charge is 0.356 e. The molecule has 1 aliphatic heterocycles. The summed E-state index contributed by atoms with van der Waals surface area (Å²) in [4.78, 5) is 11.5. The van der Waals surface area contributed by atoms with E-state index < -0.39 is 0 Å². The third-order valence-electron chi connectivity index (χ3n) is 2.88. The van der Waals surface area contributed by atoms with Gasteiger partial charge in [0.1, 0.15) is 5.82 Å². The molecule has 1 aromatic rings. The maximum Gasteiger partial charge on any atom is 0.223 e. The van der Waals surface area contributed by atoms with Gasteiger partial charge in [0.15, 0.2) is 0 Å². The quantitative estimate of drug-likeness (QED) is 0.889. The molecule has 1 N–H and O–H groups in total. The minimum Gasteiger partial charge on any atom is -0.356 e. The number of hydrogen-bond acceptors (Lipinski definition) is 1. The maximum absolute atomic E-state index is 13.6. The summed E-state index contributed by atoms with van der Waals surface area (Å²) in [6, 6.07) is 4.98. The predicted molar refractivity (Wildman–Crippen MR) is 63.5 cm³/mol. The van der Waals surface area contributed by atoms with Crippen LogP contribution in [-0.2, 0) is 11.2 Å². The molecule has 0 aliphatic carbocycles. The first-order valence-electron chi connectivity index (χ1n) is 5.38. The molecule has 16 heavy (non-hydrogen) atoms. The van der Waals surface area contributed by atoms with Crippen LogP contribution in [0.1, 0.15) is 18.4 Å². The van der Waals surface area contributed by atoms with Gasteiger partial charge >= 0.3 is 0 Å². The fourth-order valence-electron chi connectivity index (χ4n) is 1.98. The van der Waals surface area contributed by atoms with Crippen LogP contribution in [0.25, 0.3) is 0 Å². The molecule has 0 saturated carbocycles. The van der Waals surface area contributed by atoms with Crippen molar-refractivity contribution in [1.82, 2.24) is 5.32 Å². The van der Waals surface area contributed by atoms with Crippen molar-refractivity contribution in [2.75, 3.05) is 6.54 Å². The highest BCUT2D eigenvalue weighted by Gasteiger charge is 2.23. The van der Waals surface area contributed by atoms with Crippen molar-refractivity contribution >= 4 is 21.8 Å². The van der Waals surface area contributed by atoms with E-state index in [9.17, 15) is 9.18 Å². The number of amides is 1. The average Bonchev–Trinajstić information content (AvgIpc) is 2.25. The molecule has 0 bridgehead atoms. The lowest BCUT2D eigenvalue weighted by molar-refractivity contribution is -0.126. The first-order valence-corrected chi connectivity index (χ1v) is 6.18. The zero-order valence-corrected chi connectivity index (χ0v) is 10.4. The van der Waals surface area contributed by atoms with E-state index in [-0.39, 0.29) is 17.6 Å². The number of nitrogens with one attached hydrogen (secondary N) is 1. The van der Waals surface area contributed by atoms with E-state index >= 15 is 0 Å². The summed E-state index contributed by atoms with van der Waals surface area (Å²) in [5.41, 5.74) is 0.616. The van der Waals surface area contributed by atoms with Crippen molar-refractivity contribution in [3.8, 4) is 0 Å². The summed E-state index contributed by atoms with van der Waals surface area (Å²) < 4.78 is 14.3. The molecular weight excluding hydrogens is 273 g/mol. The summed E-state index contributed by atoms with van der Waals surface area (Å²) in [7, 11) is 0. The van der Waals surface area contributed by atoms with Gasteiger partial charge in [-0.2, -0.15) is 0 Å². The maximum atomic E-state index is 13.6. The van der Waals surface area contributed by atoms with Crippen molar-refractivity contribution < 1.29 is 9.18 Å². The van der Waals surface area contributed by atoms with Gasteiger partial charge in [0.05, 0.1) is 0 Å². The first-order chi connectivity index (χ1) is 7.66. The Morgan fingerprint density at radius 3 is 3.00 bits per heavy atom. The molecule has 1 unspecified atom stereocenters. The standard InChI is InChI=1S/C12H13BrFNO/c13-10-4-3-8(11(14)7-10)6-9-2-1-5-15-12(9)16/h3-4,7,9H,1-2,5-6H2,(H,15,16). The number of benzene rings is 1. The Bertz CT molecular complexity index is 408. The summed E-state index contributed by atoms with van der Waals surface area (Å²) in [5.74, 6) is -0.272. The highest BCUT2D eigenvalue weighted by Crippen LogP contribution is 2.21. The third kappa shape index (κ3) is 2.61. The monoisotopic (exact) mass is 285 g/mol. The van der Waals surface area contributed by atoms with Gasteiger partial charge in [-0.05, 0) is 37.0 Å². The van der Waals surface area contributed by atoms with Gasteiger partial charge in [0.25, 0.3) is 0 Å². The van der Waals surface area contributed by atoms with E-state index in [1.807, 2.05) is 0 Å². The van der Waals surface area contributed by atoms with Crippen LogP contribution in [0.5, 0.6) is 0 Å². The fourth-order valence-corrected chi connectivity index (χ4v) is 2.32. The Hall–Kier alpha value is -0.900. The minimum absolute atomic E-state index is 0.0496. The van der Waals surface area contributed by atoms with E-state index in [4.69, 9.17) is 0 Å². The van der Waals surface area contributed by atoms with Gasteiger partial charge in [-0.3, -0.25) is 4.79 Å². The van der Waals surface area contributed by atoms with E-state index in [2.05, 4.69) is 21.2 Å². The van der Waals surface area contributed by atoms with E-state index in [0.29, 0.717) is 12.0 Å².